The first-order chi connectivity index (χ1) is 13.6. The summed E-state index contributed by atoms with van der Waals surface area (Å²) in [6, 6.07) is 13.2. The molecule has 28 heavy (non-hydrogen) atoms. The molecule has 0 bridgehead atoms. The van der Waals surface area contributed by atoms with Gasteiger partial charge in [-0.3, -0.25) is 10.1 Å². The minimum atomic E-state index is -0.231. The van der Waals surface area contributed by atoms with Crippen molar-refractivity contribution in [1.82, 2.24) is 14.5 Å². The summed E-state index contributed by atoms with van der Waals surface area (Å²) in [4.78, 5) is 19.9. The summed E-state index contributed by atoms with van der Waals surface area (Å²) in [5.74, 6) is 0.946. The van der Waals surface area contributed by atoms with Crippen molar-refractivity contribution in [3.8, 4) is 5.75 Å². The molecule has 0 unspecified atom stereocenters. The van der Waals surface area contributed by atoms with Crippen LogP contribution >= 0.6 is 15.9 Å². The van der Waals surface area contributed by atoms with Crippen LogP contribution in [0.4, 0.5) is 5.95 Å². The topological polar surface area (TPSA) is 59.4 Å². The van der Waals surface area contributed by atoms with E-state index < -0.39 is 0 Å². The van der Waals surface area contributed by atoms with Crippen LogP contribution in [0.5, 0.6) is 5.75 Å². The number of hydrogen-bond donors (Lipinski definition) is 1. The van der Waals surface area contributed by atoms with Gasteiger partial charge in [-0.15, -0.1) is 0 Å². The summed E-state index contributed by atoms with van der Waals surface area (Å²) in [6.45, 7) is 7.91. The maximum Gasteiger partial charge on any atom is 0.259 e. The molecule has 3 rings (SSSR count). The van der Waals surface area contributed by atoms with Gasteiger partial charge in [-0.05, 0) is 59.4 Å². The van der Waals surface area contributed by atoms with Crippen LogP contribution in [0.1, 0.15) is 24.2 Å². The molecule has 7 heteroatoms. The summed E-state index contributed by atoms with van der Waals surface area (Å²) >= 11 is 3.45. The fourth-order valence-electron chi connectivity index (χ4n) is 3.15. The van der Waals surface area contributed by atoms with Gasteiger partial charge >= 0.3 is 0 Å². The molecule has 1 amide bonds. The Morgan fingerprint density at radius 3 is 2.68 bits per heavy atom. The zero-order chi connectivity index (χ0) is 20.1. The van der Waals surface area contributed by atoms with Gasteiger partial charge in [-0.2, -0.15) is 0 Å². The van der Waals surface area contributed by atoms with Crippen molar-refractivity contribution in [3.05, 3.63) is 52.5 Å². The SMILES string of the molecule is CCN(CC)CCn1c(NC(=O)c2cc(OC)ccc2Br)nc2ccccc21. The Kier molecular flexibility index (Phi) is 6.70. The number of imidazole rings is 1. The Labute approximate surface area is 173 Å². The molecule has 0 atom stereocenters. The first-order valence-electron chi connectivity index (χ1n) is 9.39. The molecule has 2 aromatic carbocycles. The van der Waals surface area contributed by atoms with Gasteiger partial charge in [-0.25, -0.2) is 4.98 Å². The number of nitrogens with zero attached hydrogens (tertiary/aromatic N) is 3. The second-order valence-corrected chi connectivity index (χ2v) is 7.26. The number of likely N-dealkylation sites (N-methyl/N-ethyl adjacent to an activating group) is 1. The monoisotopic (exact) mass is 444 g/mol. The van der Waals surface area contributed by atoms with E-state index in [2.05, 4.69) is 49.5 Å². The van der Waals surface area contributed by atoms with Crippen LogP contribution in [-0.2, 0) is 6.54 Å². The van der Waals surface area contributed by atoms with E-state index in [1.165, 1.54) is 0 Å². The van der Waals surface area contributed by atoms with Crippen LogP contribution in [0.25, 0.3) is 11.0 Å². The quantitative estimate of drug-likeness (QED) is 0.559. The van der Waals surface area contributed by atoms with Crippen LogP contribution in [0, 0.1) is 0 Å². The largest absolute Gasteiger partial charge is 0.497 e. The molecule has 1 N–H and O–H groups in total. The molecule has 148 valence electrons. The molecule has 0 fully saturated rings. The molecule has 0 spiro atoms. The summed E-state index contributed by atoms with van der Waals surface area (Å²) in [5.41, 5.74) is 2.37. The van der Waals surface area contributed by atoms with Crippen molar-refractivity contribution in [2.45, 2.75) is 20.4 Å². The number of aromatic nitrogens is 2. The molecule has 3 aromatic rings. The molecule has 0 saturated heterocycles. The van der Waals surface area contributed by atoms with E-state index in [-0.39, 0.29) is 5.91 Å². The number of fused-ring (bicyclic) bond motifs is 1. The molecule has 0 aliphatic carbocycles. The number of para-hydroxylation sites is 2. The second-order valence-electron chi connectivity index (χ2n) is 6.40. The second kappa shape index (κ2) is 9.21. The van der Waals surface area contributed by atoms with E-state index in [9.17, 15) is 4.79 Å². The highest BCUT2D eigenvalue weighted by Gasteiger charge is 2.17. The Morgan fingerprint density at radius 1 is 1.21 bits per heavy atom. The van der Waals surface area contributed by atoms with Crippen LogP contribution in [0.3, 0.4) is 0 Å². The molecule has 6 nitrogen and oxygen atoms in total. The van der Waals surface area contributed by atoms with E-state index in [1.54, 1.807) is 25.3 Å². The predicted molar refractivity (Wildman–Crippen MR) is 116 cm³/mol. The van der Waals surface area contributed by atoms with E-state index in [0.717, 1.165) is 37.2 Å². The van der Waals surface area contributed by atoms with Gasteiger partial charge in [0.2, 0.25) is 5.95 Å². The number of rotatable bonds is 8. The van der Waals surface area contributed by atoms with Crippen LogP contribution in [-0.4, -0.2) is 47.1 Å². The highest BCUT2D eigenvalue weighted by atomic mass is 79.9. The Hall–Kier alpha value is -2.38. The van der Waals surface area contributed by atoms with Gasteiger partial charge < -0.3 is 14.2 Å². The number of halogens is 1. The lowest BCUT2D eigenvalue weighted by molar-refractivity contribution is 0.102. The number of carbonyl (C=O) groups is 1. The summed E-state index contributed by atoms with van der Waals surface area (Å²) in [5, 5.41) is 2.98. The number of hydrogen-bond acceptors (Lipinski definition) is 4. The van der Waals surface area contributed by atoms with Crippen LogP contribution < -0.4 is 10.1 Å². The number of amides is 1. The third kappa shape index (κ3) is 4.36. The third-order valence-electron chi connectivity index (χ3n) is 4.83. The number of ether oxygens (including phenoxy) is 1. The van der Waals surface area contributed by atoms with E-state index >= 15 is 0 Å². The normalized spacial score (nSPS) is 11.2. The minimum Gasteiger partial charge on any atom is -0.497 e. The molecule has 0 saturated carbocycles. The van der Waals surface area contributed by atoms with Gasteiger partial charge in [0.1, 0.15) is 5.75 Å². The molecule has 0 aliphatic heterocycles. The molecule has 1 aromatic heterocycles. The van der Waals surface area contributed by atoms with Crippen molar-refractivity contribution in [3.63, 3.8) is 0 Å². The van der Waals surface area contributed by atoms with Gasteiger partial charge in [-0.1, -0.05) is 26.0 Å². The number of benzene rings is 2. The van der Waals surface area contributed by atoms with Gasteiger partial charge in [0.05, 0.1) is 23.7 Å². The van der Waals surface area contributed by atoms with Crippen LogP contribution in [0.15, 0.2) is 46.9 Å². The van der Waals surface area contributed by atoms with Gasteiger partial charge in [0.25, 0.3) is 5.91 Å². The number of methoxy groups -OCH3 is 1. The van der Waals surface area contributed by atoms with E-state index in [0.29, 0.717) is 21.7 Å². The van der Waals surface area contributed by atoms with E-state index in [4.69, 9.17) is 4.74 Å². The average Bonchev–Trinajstić information content (AvgIpc) is 3.06. The predicted octanol–water partition coefficient (Wildman–Crippen LogP) is 4.40. The van der Waals surface area contributed by atoms with Crippen molar-refractivity contribution in [2.75, 3.05) is 32.1 Å². The molecule has 0 radical (unpaired) electrons. The first-order valence-corrected chi connectivity index (χ1v) is 10.2. The molecule has 0 aliphatic rings. The fourth-order valence-corrected chi connectivity index (χ4v) is 3.58. The maximum absolute atomic E-state index is 12.9. The average molecular weight is 445 g/mol. The maximum atomic E-state index is 12.9. The highest BCUT2D eigenvalue weighted by Crippen LogP contribution is 2.25. The fraction of sp³-hybridized carbons (Fsp3) is 0.333. The molecular weight excluding hydrogens is 420 g/mol. The summed E-state index contributed by atoms with van der Waals surface area (Å²) in [6.07, 6.45) is 0. The number of nitrogens with one attached hydrogen (secondary N) is 1. The molecule has 1 heterocycles. The zero-order valence-electron chi connectivity index (χ0n) is 16.4. The highest BCUT2D eigenvalue weighted by molar-refractivity contribution is 9.10. The lowest BCUT2D eigenvalue weighted by atomic mass is 10.2. The van der Waals surface area contributed by atoms with Gasteiger partial charge in [0.15, 0.2) is 0 Å². The Morgan fingerprint density at radius 2 is 1.96 bits per heavy atom. The Bertz CT molecular complexity index is 966. The van der Waals surface area contributed by atoms with E-state index in [1.807, 2.05) is 24.3 Å². The van der Waals surface area contributed by atoms with Crippen molar-refractivity contribution >= 4 is 38.8 Å². The lowest BCUT2D eigenvalue weighted by Crippen LogP contribution is -2.27. The number of carbonyl (C=O) groups excluding carboxylic acids is 1. The summed E-state index contributed by atoms with van der Waals surface area (Å²) in [7, 11) is 1.58. The third-order valence-corrected chi connectivity index (χ3v) is 5.52. The minimum absolute atomic E-state index is 0.231. The molecular formula is C21H25BrN4O2. The zero-order valence-corrected chi connectivity index (χ0v) is 18.0. The van der Waals surface area contributed by atoms with Crippen molar-refractivity contribution in [2.24, 2.45) is 0 Å². The van der Waals surface area contributed by atoms with Gasteiger partial charge in [0, 0.05) is 17.6 Å². The smallest absolute Gasteiger partial charge is 0.259 e. The van der Waals surface area contributed by atoms with Crippen molar-refractivity contribution in [1.29, 1.82) is 0 Å². The Balaban J connectivity index is 1.92. The lowest BCUT2D eigenvalue weighted by Gasteiger charge is -2.19. The van der Waals surface area contributed by atoms with Crippen LogP contribution in [0.2, 0.25) is 0 Å². The standard InChI is InChI=1S/C21H25BrN4O2/c1-4-25(5-2)12-13-26-19-9-7-6-8-18(19)23-21(26)24-20(27)16-14-15(28-3)10-11-17(16)22/h6-11,14H,4-5,12-13H2,1-3H3,(H,23,24,27). The van der Waals surface area contributed by atoms with Crippen molar-refractivity contribution < 1.29 is 9.53 Å². The first kappa shape index (κ1) is 20.4. The summed E-state index contributed by atoms with van der Waals surface area (Å²) < 4.78 is 8.02. The number of anilines is 1.